The highest BCUT2D eigenvalue weighted by Gasteiger charge is 2.10. The highest BCUT2D eigenvalue weighted by Crippen LogP contribution is 2.24. The number of fused-ring (bicyclic) bond motifs is 1. The van der Waals surface area contributed by atoms with Gasteiger partial charge in [-0.05, 0) is 44.4 Å². The molecule has 120 valence electrons. The zero-order valence-corrected chi connectivity index (χ0v) is 14.1. The van der Waals surface area contributed by atoms with Gasteiger partial charge in [-0.25, -0.2) is 4.98 Å². The molecule has 3 rings (SSSR count). The minimum atomic E-state index is 0.316. The number of anilines is 2. The maximum atomic E-state index is 5.74. The second-order valence-corrected chi connectivity index (χ2v) is 6.05. The van der Waals surface area contributed by atoms with E-state index in [-0.39, 0.29) is 0 Å². The quantitative estimate of drug-likeness (QED) is 0.777. The number of nitrogens with two attached hydrogens (primary N) is 1. The van der Waals surface area contributed by atoms with Crippen LogP contribution in [0.15, 0.2) is 24.4 Å². The molecule has 5 heteroatoms. The summed E-state index contributed by atoms with van der Waals surface area (Å²) in [5.74, 6) is 1.14. The van der Waals surface area contributed by atoms with Gasteiger partial charge in [-0.3, -0.25) is 0 Å². The molecular formula is C18H23N5. The Balaban J connectivity index is 1.80. The molecule has 0 spiro atoms. The lowest BCUT2D eigenvalue weighted by molar-refractivity contribution is 0.938. The van der Waals surface area contributed by atoms with E-state index in [1.54, 1.807) is 0 Å². The Morgan fingerprint density at radius 2 is 1.96 bits per heavy atom. The monoisotopic (exact) mass is 309 g/mol. The number of benzene rings is 1. The standard InChI is InChI=1S/C18H23N5/c1-11-6-5-7-15-16(11)14(10-23(15)4)8-9-20-17-12(2)13(3)21-18(19)22-17/h5-7,10H,8-9H2,1-4H3,(H3,19,20,21,22). The van der Waals surface area contributed by atoms with Crippen molar-refractivity contribution in [2.45, 2.75) is 27.2 Å². The summed E-state index contributed by atoms with van der Waals surface area (Å²) >= 11 is 0. The highest BCUT2D eigenvalue weighted by atomic mass is 15.1. The summed E-state index contributed by atoms with van der Waals surface area (Å²) in [5, 5.41) is 4.75. The first-order chi connectivity index (χ1) is 11.0. The molecule has 0 aliphatic heterocycles. The van der Waals surface area contributed by atoms with Gasteiger partial charge in [0.05, 0.1) is 0 Å². The topological polar surface area (TPSA) is 68.8 Å². The van der Waals surface area contributed by atoms with Gasteiger partial charge in [0.2, 0.25) is 5.95 Å². The van der Waals surface area contributed by atoms with Crippen LogP contribution in [-0.4, -0.2) is 21.1 Å². The van der Waals surface area contributed by atoms with Gasteiger partial charge in [0.15, 0.2) is 0 Å². The van der Waals surface area contributed by atoms with Crippen molar-refractivity contribution < 1.29 is 0 Å². The summed E-state index contributed by atoms with van der Waals surface area (Å²) in [5.41, 5.74) is 11.7. The molecule has 0 aliphatic rings. The zero-order valence-electron chi connectivity index (χ0n) is 14.1. The first-order valence-corrected chi connectivity index (χ1v) is 7.85. The molecule has 23 heavy (non-hydrogen) atoms. The summed E-state index contributed by atoms with van der Waals surface area (Å²) in [6, 6.07) is 6.44. The number of aromatic nitrogens is 3. The van der Waals surface area contributed by atoms with E-state index in [9.17, 15) is 0 Å². The third-order valence-corrected chi connectivity index (χ3v) is 4.39. The van der Waals surface area contributed by atoms with Crippen LogP contribution in [-0.2, 0) is 13.5 Å². The summed E-state index contributed by atoms with van der Waals surface area (Å²) < 4.78 is 2.19. The summed E-state index contributed by atoms with van der Waals surface area (Å²) in [7, 11) is 2.09. The van der Waals surface area contributed by atoms with Crippen LogP contribution < -0.4 is 11.1 Å². The molecule has 0 saturated carbocycles. The van der Waals surface area contributed by atoms with Crippen molar-refractivity contribution in [1.29, 1.82) is 0 Å². The third kappa shape index (κ3) is 2.86. The van der Waals surface area contributed by atoms with E-state index in [1.165, 1.54) is 22.0 Å². The molecule has 1 aromatic carbocycles. The van der Waals surface area contributed by atoms with E-state index in [2.05, 4.69) is 58.2 Å². The number of rotatable bonds is 4. The number of hydrogen-bond acceptors (Lipinski definition) is 4. The van der Waals surface area contributed by atoms with Crippen LogP contribution in [0.1, 0.15) is 22.4 Å². The average Bonchev–Trinajstić information content (AvgIpc) is 2.82. The van der Waals surface area contributed by atoms with Gasteiger partial charge in [-0.2, -0.15) is 4.98 Å². The molecule has 0 aliphatic carbocycles. The molecule has 0 radical (unpaired) electrons. The molecule has 0 saturated heterocycles. The van der Waals surface area contributed by atoms with Crippen LogP contribution in [0.4, 0.5) is 11.8 Å². The second kappa shape index (κ2) is 5.91. The van der Waals surface area contributed by atoms with Crippen molar-refractivity contribution in [2.24, 2.45) is 7.05 Å². The van der Waals surface area contributed by atoms with E-state index in [0.29, 0.717) is 5.95 Å². The fraction of sp³-hybridized carbons (Fsp3) is 0.333. The van der Waals surface area contributed by atoms with Gasteiger partial charge >= 0.3 is 0 Å². The smallest absolute Gasteiger partial charge is 0.222 e. The van der Waals surface area contributed by atoms with Crippen LogP contribution >= 0.6 is 0 Å². The number of hydrogen-bond donors (Lipinski definition) is 2. The van der Waals surface area contributed by atoms with Crippen molar-refractivity contribution in [1.82, 2.24) is 14.5 Å². The third-order valence-electron chi connectivity index (χ3n) is 4.39. The Morgan fingerprint density at radius 3 is 2.74 bits per heavy atom. The van der Waals surface area contributed by atoms with Crippen LogP contribution in [0.2, 0.25) is 0 Å². The van der Waals surface area contributed by atoms with Gasteiger partial charge in [0, 0.05) is 41.9 Å². The fourth-order valence-electron chi connectivity index (χ4n) is 3.06. The number of nitrogens with zero attached hydrogens (tertiary/aromatic N) is 3. The molecule has 2 aromatic heterocycles. The lowest BCUT2D eigenvalue weighted by atomic mass is 10.1. The van der Waals surface area contributed by atoms with Gasteiger partial charge in [-0.1, -0.05) is 12.1 Å². The predicted octanol–water partition coefficient (Wildman–Crippen LogP) is 3.13. The van der Waals surface area contributed by atoms with Crippen molar-refractivity contribution >= 4 is 22.7 Å². The van der Waals surface area contributed by atoms with Crippen molar-refractivity contribution in [3.8, 4) is 0 Å². The van der Waals surface area contributed by atoms with Crippen molar-refractivity contribution in [3.05, 3.63) is 46.8 Å². The average molecular weight is 309 g/mol. The summed E-state index contributed by atoms with van der Waals surface area (Å²) in [6.07, 6.45) is 3.15. The molecule has 0 bridgehead atoms. The lowest BCUT2D eigenvalue weighted by Gasteiger charge is -2.10. The first-order valence-electron chi connectivity index (χ1n) is 7.85. The van der Waals surface area contributed by atoms with Crippen LogP contribution in [0, 0.1) is 20.8 Å². The van der Waals surface area contributed by atoms with E-state index in [4.69, 9.17) is 5.73 Å². The molecule has 2 heterocycles. The van der Waals surface area contributed by atoms with Gasteiger partial charge < -0.3 is 15.6 Å². The molecule has 3 aromatic rings. The Morgan fingerprint density at radius 1 is 1.17 bits per heavy atom. The largest absolute Gasteiger partial charge is 0.369 e. The number of nitrogens with one attached hydrogen (secondary N) is 1. The Labute approximate surface area is 136 Å². The van der Waals surface area contributed by atoms with E-state index in [1.807, 2.05) is 13.8 Å². The van der Waals surface area contributed by atoms with Gasteiger partial charge in [-0.15, -0.1) is 0 Å². The van der Waals surface area contributed by atoms with E-state index >= 15 is 0 Å². The SMILES string of the molecule is Cc1nc(N)nc(NCCc2cn(C)c3cccc(C)c23)c1C. The van der Waals surface area contributed by atoms with Crippen LogP contribution in [0.5, 0.6) is 0 Å². The molecule has 0 amide bonds. The molecule has 0 atom stereocenters. The second-order valence-electron chi connectivity index (χ2n) is 6.05. The van der Waals surface area contributed by atoms with E-state index < -0.39 is 0 Å². The van der Waals surface area contributed by atoms with Gasteiger partial charge in [0.25, 0.3) is 0 Å². The summed E-state index contributed by atoms with van der Waals surface area (Å²) in [4.78, 5) is 8.48. The molecule has 0 unspecified atom stereocenters. The van der Waals surface area contributed by atoms with Crippen LogP contribution in [0.3, 0.4) is 0 Å². The Kier molecular flexibility index (Phi) is 3.94. The predicted molar refractivity (Wildman–Crippen MR) is 95.8 cm³/mol. The molecule has 0 fully saturated rings. The molecule has 5 nitrogen and oxygen atoms in total. The minimum absolute atomic E-state index is 0.316. The molecular weight excluding hydrogens is 286 g/mol. The lowest BCUT2D eigenvalue weighted by Crippen LogP contribution is -2.11. The van der Waals surface area contributed by atoms with Gasteiger partial charge in [0.1, 0.15) is 5.82 Å². The van der Waals surface area contributed by atoms with Crippen molar-refractivity contribution in [2.75, 3.05) is 17.6 Å². The highest BCUT2D eigenvalue weighted by molar-refractivity contribution is 5.87. The minimum Gasteiger partial charge on any atom is -0.369 e. The maximum absolute atomic E-state index is 5.74. The number of nitrogen functional groups attached to an aromatic ring is 1. The van der Waals surface area contributed by atoms with E-state index in [0.717, 1.165) is 30.0 Å². The van der Waals surface area contributed by atoms with Crippen LogP contribution in [0.25, 0.3) is 10.9 Å². The fourth-order valence-corrected chi connectivity index (χ4v) is 3.06. The molecule has 3 N–H and O–H groups in total. The Hall–Kier alpha value is -2.56. The normalized spacial score (nSPS) is 11.1. The maximum Gasteiger partial charge on any atom is 0.222 e. The Bertz CT molecular complexity index is 863. The zero-order chi connectivity index (χ0) is 16.6. The van der Waals surface area contributed by atoms with Crippen molar-refractivity contribution in [3.63, 3.8) is 0 Å². The first kappa shape index (κ1) is 15.3. The number of aryl methyl sites for hydroxylation is 3. The summed E-state index contributed by atoms with van der Waals surface area (Å²) in [6.45, 7) is 6.94.